The third kappa shape index (κ3) is 5.08. The highest BCUT2D eigenvalue weighted by molar-refractivity contribution is 7.93. The molecule has 0 aliphatic carbocycles. The first-order valence-corrected chi connectivity index (χ1v) is 10.5. The van der Waals surface area contributed by atoms with Gasteiger partial charge in [-0.15, -0.1) is 0 Å². The lowest BCUT2D eigenvalue weighted by Gasteiger charge is -2.39. The van der Waals surface area contributed by atoms with Crippen LogP contribution in [0, 0.1) is 0 Å². The zero-order chi connectivity index (χ0) is 20.4. The van der Waals surface area contributed by atoms with Crippen LogP contribution in [-0.4, -0.2) is 39.6 Å². The molecule has 0 bridgehead atoms. The highest BCUT2D eigenvalue weighted by atomic mass is 35.5. The highest BCUT2D eigenvalue weighted by Gasteiger charge is 2.30. The Morgan fingerprint density at radius 2 is 2.00 bits per heavy atom. The predicted molar refractivity (Wildman–Crippen MR) is 109 cm³/mol. The molecule has 8 heteroatoms. The summed E-state index contributed by atoms with van der Waals surface area (Å²) < 4.78 is 22.3. The Kier molecular flexibility index (Phi) is 6.28. The molecule has 2 rings (SSSR count). The summed E-state index contributed by atoms with van der Waals surface area (Å²) in [6, 6.07) is 5.16. The summed E-state index contributed by atoms with van der Waals surface area (Å²) in [6.45, 7) is 7.70. The van der Waals surface area contributed by atoms with Crippen molar-refractivity contribution in [3.63, 3.8) is 0 Å². The minimum Gasteiger partial charge on any atom is -0.311 e. The Balaban J connectivity index is 2.41. The van der Waals surface area contributed by atoms with Gasteiger partial charge in [-0.3, -0.25) is 9.59 Å². The summed E-state index contributed by atoms with van der Waals surface area (Å²) in [5.74, 6) is -0.102. The molecule has 1 aliphatic heterocycles. The molecular formula is C19H21ClN2O4S. The molecule has 0 saturated heterocycles. The minimum absolute atomic E-state index is 0.102. The molecule has 0 radical (unpaired) electrons. The van der Waals surface area contributed by atoms with Crippen LogP contribution in [0.2, 0.25) is 0 Å². The molecule has 2 amide bonds. The summed E-state index contributed by atoms with van der Waals surface area (Å²) in [5.41, 5.74) is 2.49. The van der Waals surface area contributed by atoms with Gasteiger partial charge in [0.25, 0.3) is 0 Å². The SMILES string of the molecule is C=C(/C=C(Cl)\C=C\S(C)(=O)=O)c1ccc2c(c1)N(C=O)CC(C)N2C(C)=O. The first-order valence-electron chi connectivity index (χ1n) is 8.14. The van der Waals surface area contributed by atoms with E-state index in [1.54, 1.807) is 28.0 Å². The second-order valence-electron chi connectivity index (χ2n) is 6.39. The Morgan fingerprint density at radius 1 is 1.33 bits per heavy atom. The number of carbonyl (C=O) groups is 2. The van der Waals surface area contributed by atoms with Gasteiger partial charge in [0.15, 0.2) is 9.84 Å². The largest absolute Gasteiger partial charge is 0.311 e. The number of allylic oxidation sites excluding steroid dienone is 4. The van der Waals surface area contributed by atoms with E-state index in [2.05, 4.69) is 6.58 Å². The van der Waals surface area contributed by atoms with Crippen molar-refractivity contribution in [2.75, 3.05) is 22.6 Å². The number of benzene rings is 1. The fraction of sp³-hybridized carbons (Fsp3) is 0.263. The monoisotopic (exact) mass is 408 g/mol. The van der Waals surface area contributed by atoms with Crippen LogP contribution >= 0.6 is 11.6 Å². The summed E-state index contributed by atoms with van der Waals surface area (Å²) in [5, 5.41) is 1.21. The van der Waals surface area contributed by atoms with E-state index in [9.17, 15) is 18.0 Å². The first-order chi connectivity index (χ1) is 12.5. The van der Waals surface area contributed by atoms with Gasteiger partial charge in [-0.25, -0.2) is 8.42 Å². The van der Waals surface area contributed by atoms with Gasteiger partial charge >= 0.3 is 0 Å². The van der Waals surface area contributed by atoms with Crippen LogP contribution in [0.15, 0.2) is 47.4 Å². The fourth-order valence-electron chi connectivity index (χ4n) is 2.93. The number of amides is 2. The van der Waals surface area contributed by atoms with E-state index in [1.165, 1.54) is 19.1 Å². The standard InChI is InChI=1S/C19H21ClN2O4S/c1-13(9-17(20)7-8-27(4,25)26)16-5-6-18-19(10-16)21(12-23)11-14(2)22(18)15(3)24/h5-10,12,14H,1,11H2,2-4H3/b8-7+,17-9+. The number of hydrogen-bond donors (Lipinski definition) is 0. The number of rotatable bonds is 5. The van der Waals surface area contributed by atoms with Gasteiger partial charge in [0.2, 0.25) is 12.3 Å². The zero-order valence-corrected chi connectivity index (χ0v) is 16.9. The van der Waals surface area contributed by atoms with Crippen LogP contribution in [0.3, 0.4) is 0 Å². The molecule has 6 nitrogen and oxygen atoms in total. The van der Waals surface area contributed by atoms with Crippen molar-refractivity contribution >= 4 is 50.7 Å². The maximum atomic E-state index is 12.0. The molecule has 1 heterocycles. The lowest BCUT2D eigenvalue weighted by atomic mass is 10.0. The van der Waals surface area contributed by atoms with Crippen molar-refractivity contribution in [2.24, 2.45) is 0 Å². The van der Waals surface area contributed by atoms with E-state index in [0.717, 1.165) is 18.1 Å². The van der Waals surface area contributed by atoms with Gasteiger partial charge in [-0.2, -0.15) is 0 Å². The number of fused-ring (bicyclic) bond motifs is 1. The van der Waals surface area contributed by atoms with E-state index in [0.29, 0.717) is 29.1 Å². The Labute approximate surface area is 164 Å². The van der Waals surface area contributed by atoms with Gasteiger partial charge in [0.1, 0.15) is 0 Å². The lowest BCUT2D eigenvalue weighted by Crippen LogP contribution is -2.49. The van der Waals surface area contributed by atoms with Crippen LogP contribution in [-0.2, 0) is 19.4 Å². The van der Waals surface area contributed by atoms with Crippen molar-refractivity contribution in [1.29, 1.82) is 0 Å². The van der Waals surface area contributed by atoms with Crippen molar-refractivity contribution in [2.45, 2.75) is 19.9 Å². The number of halogens is 1. The molecule has 1 unspecified atom stereocenters. The highest BCUT2D eigenvalue weighted by Crippen LogP contribution is 2.37. The van der Waals surface area contributed by atoms with E-state index < -0.39 is 9.84 Å². The minimum atomic E-state index is -3.28. The molecule has 0 N–H and O–H groups in total. The van der Waals surface area contributed by atoms with Crippen molar-refractivity contribution in [1.82, 2.24) is 0 Å². The molecule has 27 heavy (non-hydrogen) atoms. The maximum Gasteiger partial charge on any atom is 0.224 e. The Bertz CT molecular complexity index is 950. The van der Waals surface area contributed by atoms with Gasteiger partial charge in [-0.05, 0) is 42.3 Å². The van der Waals surface area contributed by atoms with Crippen LogP contribution < -0.4 is 9.80 Å². The Morgan fingerprint density at radius 3 is 2.56 bits per heavy atom. The van der Waals surface area contributed by atoms with Crippen LogP contribution in [0.5, 0.6) is 0 Å². The molecule has 0 spiro atoms. The molecular weight excluding hydrogens is 388 g/mol. The normalized spacial score (nSPS) is 17.8. The number of hydrogen-bond acceptors (Lipinski definition) is 4. The summed E-state index contributed by atoms with van der Waals surface area (Å²) >= 11 is 6.04. The maximum absolute atomic E-state index is 12.0. The van der Waals surface area contributed by atoms with Crippen molar-refractivity contribution in [3.8, 4) is 0 Å². The molecule has 0 aromatic heterocycles. The van der Waals surface area contributed by atoms with Gasteiger partial charge < -0.3 is 9.80 Å². The zero-order valence-electron chi connectivity index (χ0n) is 15.3. The third-order valence-corrected chi connectivity index (χ3v) is 4.94. The van der Waals surface area contributed by atoms with E-state index in [4.69, 9.17) is 11.6 Å². The molecule has 1 aliphatic rings. The number of sulfone groups is 1. The van der Waals surface area contributed by atoms with Crippen LogP contribution in [0.4, 0.5) is 11.4 Å². The first kappa shape index (κ1) is 20.9. The molecule has 1 atom stereocenters. The van der Waals surface area contributed by atoms with E-state index in [1.807, 2.05) is 6.92 Å². The average Bonchev–Trinajstić information content (AvgIpc) is 2.57. The second kappa shape index (κ2) is 8.10. The van der Waals surface area contributed by atoms with Crippen molar-refractivity contribution in [3.05, 3.63) is 52.9 Å². The number of carbonyl (C=O) groups excluding carboxylic acids is 2. The van der Waals surface area contributed by atoms with Gasteiger partial charge in [0.05, 0.1) is 17.4 Å². The Hall–Kier alpha value is -2.38. The van der Waals surface area contributed by atoms with Crippen molar-refractivity contribution < 1.29 is 18.0 Å². The summed E-state index contributed by atoms with van der Waals surface area (Å²) in [4.78, 5) is 26.7. The molecule has 1 aromatic carbocycles. The van der Waals surface area contributed by atoms with Gasteiger partial charge in [-0.1, -0.05) is 24.2 Å². The molecule has 144 valence electrons. The summed E-state index contributed by atoms with van der Waals surface area (Å²) in [7, 11) is -3.28. The van der Waals surface area contributed by atoms with Crippen LogP contribution in [0.25, 0.3) is 5.57 Å². The van der Waals surface area contributed by atoms with E-state index in [-0.39, 0.29) is 17.0 Å². The van der Waals surface area contributed by atoms with Gasteiger partial charge in [0, 0.05) is 30.2 Å². The predicted octanol–water partition coefficient (Wildman–Crippen LogP) is 3.10. The number of nitrogens with zero attached hydrogens (tertiary/aromatic N) is 2. The topological polar surface area (TPSA) is 74.8 Å². The lowest BCUT2D eigenvalue weighted by molar-refractivity contribution is -0.117. The average molecular weight is 409 g/mol. The van der Waals surface area contributed by atoms with E-state index >= 15 is 0 Å². The number of anilines is 2. The smallest absolute Gasteiger partial charge is 0.224 e. The quantitative estimate of drug-likeness (QED) is 0.554. The molecule has 0 saturated carbocycles. The van der Waals surface area contributed by atoms with Crippen LogP contribution in [0.1, 0.15) is 19.4 Å². The third-order valence-electron chi connectivity index (χ3n) is 4.07. The molecule has 1 aromatic rings. The summed E-state index contributed by atoms with van der Waals surface area (Å²) in [6.07, 6.45) is 4.61. The second-order valence-corrected chi connectivity index (χ2v) is 8.75. The fourth-order valence-corrected chi connectivity index (χ4v) is 3.59. The molecule has 0 fully saturated rings.